The minimum Gasteiger partial charge on any atom is -0.454 e. The highest BCUT2D eigenvalue weighted by atomic mass is 16.7. The number of anilines is 1. The Bertz CT molecular complexity index is 987. The molecule has 1 aliphatic rings. The fourth-order valence-corrected chi connectivity index (χ4v) is 2.90. The molecule has 1 aliphatic heterocycles. The maximum absolute atomic E-state index is 12.5. The Morgan fingerprint density at radius 1 is 0.964 bits per heavy atom. The third kappa shape index (κ3) is 4.23. The lowest BCUT2D eigenvalue weighted by Crippen LogP contribution is -2.23. The molecule has 0 unspecified atom stereocenters. The first kappa shape index (κ1) is 17.9. The third-order valence-corrected chi connectivity index (χ3v) is 4.51. The number of aromatic nitrogens is 1. The van der Waals surface area contributed by atoms with Crippen LogP contribution in [0.2, 0.25) is 0 Å². The summed E-state index contributed by atoms with van der Waals surface area (Å²) in [5.41, 5.74) is 3.89. The molecule has 0 bridgehead atoms. The van der Waals surface area contributed by atoms with Gasteiger partial charge in [-0.25, -0.2) is 4.98 Å². The van der Waals surface area contributed by atoms with Crippen LogP contribution in [0.4, 0.5) is 5.82 Å². The van der Waals surface area contributed by atoms with Crippen molar-refractivity contribution >= 4 is 11.7 Å². The van der Waals surface area contributed by atoms with E-state index in [2.05, 4.69) is 46.8 Å². The summed E-state index contributed by atoms with van der Waals surface area (Å²) in [6, 6.07) is 17.4. The van der Waals surface area contributed by atoms with Crippen LogP contribution in [0, 0.1) is 6.92 Å². The fourth-order valence-electron chi connectivity index (χ4n) is 2.90. The molecule has 0 radical (unpaired) electrons. The zero-order valence-electron chi connectivity index (χ0n) is 15.6. The standard InChI is InChI=1S/C22H21N3O3/c1-15-2-4-16(5-3-15)12-24-21-11-18(8-9-23-21)22(26)25-13-17-6-7-19-20(10-17)28-14-27-19/h2-11H,12-14H2,1H3,(H,23,24)(H,25,26). The summed E-state index contributed by atoms with van der Waals surface area (Å²) in [6.45, 7) is 3.35. The van der Waals surface area contributed by atoms with Crippen LogP contribution in [0.5, 0.6) is 11.5 Å². The summed E-state index contributed by atoms with van der Waals surface area (Å²) in [6.07, 6.45) is 1.63. The number of nitrogens with one attached hydrogen (secondary N) is 2. The van der Waals surface area contributed by atoms with Gasteiger partial charge in [0, 0.05) is 24.8 Å². The number of ether oxygens (including phenoxy) is 2. The molecule has 2 heterocycles. The number of fused-ring (bicyclic) bond motifs is 1. The van der Waals surface area contributed by atoms with E-state index >= 15 is 0 Å². The molecule has 3 aromatic rings. The fraction of sp³-hybridized carbons (Fsp3) is 0.182. The second-order valence-electron chi connectivity index (χ2n) is 6.64. The van der Waals surface area contributed by atoms with Crippen molar-refractivity contribution < 1.29 is 14.3 Å². The number of benzene rings is 2. The minimum atomic E-state index is -0.154. The van der Waals surface area contributed by atoms with E-state index in [0.29, 0.717) is 30.2 Å². The van der Waals surface area contributed by atoms with Gasteiger partial charge in [-0.1, -0.05) is 35.9 Å². The normalized spacial score (nSPS) is 11.9. The van der Waals surface area contributed by atoms with Crippen LogP contribution in [0.15, 0.2) is 60.8 Å². The van der Waals surface area contributed by atoms with Crippen molar-refractivity contribution in [1.29, 1.82) is 0 Å². The highest BCUT2D eigenvalue weighted by Gasteiger charge is 2.14. The first-order valence-electron chi connectivity index (χ1n) is 9.09. The molecule has 0 spiro atoms. The second-order valence-corrected chi connectivity index (χ2v) is 6.64. The zero-order valence-corrected chi connectivity index (χ0v) is 15.6. The molecular weight excluding hydrogens is 354 g/mol. The number of carbonyl (C=O) groups is 1. The van der Waals surface area contributed by atoms with Gasteiger partial charge < -0.3 is 20.1 Å². The van der Waals surface area contributed by atoms with Crippen LogP contribution >= 0.6 is 0 Å². The zero-order chi connectivity index (χ0) is 19.3. The van der Waals surface area contributed by atoms with Crippen molar-refractivity contribution in [1.82, 2.24) is 10.3 Å². The summed E-state index contributed by atoms with van der Waals surface area (Å²) >= 11 is 0. The van der Waals surface area contributed by atoms with E-state index in [0.717, 1.165) is 16.9 Å². The average Bonchev–Trinajstić information content (AvgIpc) is 3.20. The Balaban J connectivity index is 1.35. The van der Waals surface area contributed by atoms with E-state index in [9.17, 15) is 4.79 Å². The van der Waals surface area contributed by atoms with Gasteiger partial charge in [0.25, 0.3) is 5.91 Å². The van der Waals surface area contributed by atoms with Gasteiger partial charge in [0.1, 0.15) is 5.82 Å². The van der Waals surface area contributed by atoms with Crippen LogP contribution in [0.25, 0.3) is 0 Å². The number of hydrogen-bond acceptors (Lipinski definition) is 5. The van der Waals surface area contributed by atoms with Gasteiger partial charge in [-0.15, -0.1) is 0 Å². The highest BCUT2D eigenvalue weighted by Crippen LogP contribution is 2.32. The molecule has 4 rings (SSSR count). The average molecular weight is 375 g/mol. The molecule has 2 aromatic carbocycles. The topological polar surface area (TPSA) is 72.5 Å². The summed E-state index contributed by atoms with van der Waals surface area (Å²) in [5.74, 6) is 1.95. The largest absolute Gasteiger partial charge is 0.454 e. The number of carbonyl (C=O) groups excluding carboxylic acids is 1. The molecule has 1 aromatic heterocycles. The smallest absolute Gasteiger partial charge is 0.251 e. The van der Waals surface area contributed by atoms with Gasteiger partial charge >= 0.3 is 0 Å². The number of aryl methyl sites for hydroxylation is 1. The van der Waals surface area contributed by atoms with Crippen molar-refractivity contribution in [2.24, 2.45) is 0 Å². The van der Waals surface area contributed by atoms with Gasteiger partial charge in [0.2, 0.25) is 6.79 Å². The number of nitrogens with zero attached hydrogens (tertiary/aromatic N) is 1. The molecule has 2 N–H and O–H groups in total. The van der Waals surface area contributed by atoms with Crippen molar-refractivity contribution in [3.8, 4) is 11.5 Å². The predicted molar refractivity (Wildman–Crippen MR) is 106 cm³/mol. The Kier molecular flexibility index (Phi) is 5.10. The summed E-state index contributed by atoms with van der Waals surface area (Å²) < 4.78 is 10.7. The minimum absolute atomic E-state index is 0.154. The number of pyridine rings is 1. The van der Waals surface area contributed by atoms with E-state index in [1.807, 2.05) is 18.2 Å². The maximum Gasteiger partial charge on any atom is 0.251 e. The molecule has 0 saturated heterocycles. The first-order chi connectivity index (χ1) is 13.7. The summed E-state index contributed by atoms with van der Waals surface area (Å²) in [4.78, 5) is 16.8. The lowest BCUT2D eigenvalue weighted by Gasteiger charge is -2.09. The Morgan fingerprint density at radius 3 is 2.61 bits per heavy atom. The summed E-state index contributed by atoms with van der Waals surface area (Å²) in [5, 5.41) is 6.18. The number of rotatable bonds is 6. The lowest BCUT2D eigenvalue weighted by atomic mass is 10.1. The monoisotopic (exact) mass is 375 g/mol. The molecule has 0 aliphatic carbocycles. The van der Waals surface area contributed by atoms with E-state index in [-0.39, 0.29) is 12.7 Å². The Morgan fingerprint density at radius 2 is 1.75 bits per heavy atom. The van der Waals surface area contributed by atoms with Crippen molar-refractivity contribution in [3.05, 3.63) is 83.0 Å². The van der Waals surface area contributed by atoms with Crippen LogP contribution in [0.3, 0.4) is 0 Å². The first-order valence-corrected chi connectivity index (χ1v) is 9.09. The van der Waals surface area contributed by atoms with E-state index in [1.165, 1.54) is 5.56 Å². The Labute approximate surface area is 163 Å². The second kappa shape index (κ2) is 8.00. The summed E-state index contributed by atoms with van der Waals surface area (Å²) in [7, 11) is 0. The van der Waals surface area contributed by atoms with Crippen molar-refractivity contribution in [2.45, 2.75) is 20.0 Å². The van der Waals surface area contributed by atoms with Gasteiger partial charge in [0.05, 0.1) is 0 Å². The van der Waals surface area contributed by atoms with Crippen molar-refractivity contribution in [3.63, 3.8) is 0 Å². The SMILES string of the molecule is Cc1ccc(CNc2cc(C(=O)NCc3ccc4c(c3)OCO4)ccn2)cc1. The van der Waals surface area contributed by atoms with Crippen LogP contribution < -0.4 is 20.1 Å². The molecular formula is C22H21N3O3. The van der Waals surface area contributed by atoms with Gasteiger partial charge in [-0.2, -0.15) is 0 Å². The van der Waals surface area contributed by atoms with Crippen LogP contribution in [-0.2, 0) is 13.1 Å². The van der Waals surface area contributed by atoms with Crippen molar-refractivity contribution in [2.75, 3.05) is 12.1 Å². The molecule has 142 valence electrons. The van der Waals surface area contributed by atoms with Gasteiger partial charge in [0.15, 0.2) is 11.5 Å². The van der Waals surface area contributed by atoms with E-state index < -0.39 is 0 Å². The lowest BCUT2D eigenvalue weighted by molar-refractivity contribution is 0.0950. The van der Waals surface area contributed by atoms with Crippen LogP contribution in [-0.4, -0.2) is 17.7 Å². The quantitative estimate of drug-likeness (QED) is 0.688. The molecule has 0 atom stereocenters. The van der Waals surface area contributed by atoms with Crippen LogP contribution in [0.1, 0.15) is 27.0 Å². The predicted octanol–water partition coefficient (Wildman–Crippen LogP) is 3.66. The van der Waals surface area contributed by atoms with Gasteiger partial charge in [-0.05, 0) is 42.3 Å². The molecule has 6 nitrogen and oxygen atoms in total. The van der Waals surface area contributed by atoms with Gasteiger partial charge in [-0.3, -0.25) is 4.79 Å². The maximum atomic E-state index is 12.5. The molecule has 28 heavy (non-hydrogen) atoms. The molecule has 1 amide bonds. The number of amides is 1. The van der Waals surface area contributed by atoms with E-state index in [4.69, 9.17) is 9.47 Å². The number of hydrogen-bond donors (Lipinski definition) is 2. The Hall–Kier alpha value is -3.54. The van der Waals surface area contributed by atoms with E-state index in [1.54, 1.807) is 18.3 Å². The highest BCUT2D eigenvalue weighted by molar-refractivity contribution is 5.94. The third-order valence-electron chi connectivity index (χ3n) is 4.51. The molecule has 0 saturated carbocycles. The molecule has 6 heteroatoms. The molecule has 0 fully saturated rings.